The van der Waals surface area contributed by atoms with Crippen LogP contribution in [0.25, 0.3) is 22.0 Å². The molecule has 0 aliphatic heterocycles. The van der Waals surface area contributed by atoms with Gasteiger partial charge in [-0.05, 0) is 80.3 Å². The second-order valence-corrected chi connectivity index (χ2v) is 23.4. The summed E-state index contributed by atoms with van der Waals surface area (Å²) in [7, 11) is -8.53. The fraction of sp³-hybridized carbons (Fsp3) is 0.444. The average Bonchev–Trinajstić information content (AvgIpc) is 3.76. The molecular formula is C45H43ClF10N8O7S2. The zero-order chi connectivity index (χ0) is 54.3. The van der Waals surface area contributed by atoms with Gasteiger partial charge < -0.3 is 15.8 Å². The Kier molecular flexibility index (Phi) is 14.3. The third-order valence-corrected chi connectivity index (χ3v) is 15.6. The maximum absolute atomic E-state index is 15.6. The summed E-state index contributed by atoms with van der Waals surface area (Å²) in [6.45, 7) is 1.19. The normalized spacial score (nSPS) is 17.4. The minimum absolute atomic E-state index is 0.198. The maximum Gasteiger partial charge on any atom is 0.435 e. The van der Waals surface area contributed by atoms with E-state index in [1.54, 1.807) is 13.8 Å². The van der Waals surface area contributed by atoms with Crippen LogP contribution < -0.4 is 15.4 Å². The third kappa shape index (κ3) is 11.3. The van der Waals surface area contributed by atoms with Gasteiger partial charge in [0.1, 0.15) is 46.9 Å². The van der Waals surface area contributed by atoms with E-state index >= 15 is 8.78 Å². The number of ether oxygens (including phenoxy) is 1. The Balaban J connectivity index is 1.47. The van der Waals surface area contributed by atoms with Crippen molar-refractivity contribution in [2.24, 2.45) is 17.6 Å². The molecule has 394 valence electrons. The molecule has 0 radical (unpaired) electrons. The number of aromatic nitrogens is 5. The van der Waals surface area contributed by atoms with Crippen LogP contribution in [0.2, 0.25) is 5.02 Å². The molecule has 0 bridgehead atoms. The molecular weight excluding hydrogens is 1050 g/mol. The lowest BCUT2D eigenvalue weighted by Crippen LogP contribution is -2.41. The van der Waals surface area contributed by atoms with Crippen molar-refractivity contribution in [3.8, 4) is 23.0 Å². The van der Waals surface area contributed by atoms with E-state index in [2.05, 4.69) is 32.3 Å². The molecule has 4 atom stereocenters. The summed E-state index contributed by atoms with van der Waals surface area (Å²) in [5.74, 6) is -7.41. The molecule has 0 saturated heterocycles. The number of nitrogens with two attached hydrogens (primary N) is 1. The lowest BCUT2D eigenvalue weighted by Gasteiger charge is -2.23. The van der Waals surface area contributed by atoms with Crippen LogP contribution in [0.1, 0.15) is 80.0 Å². The number of amides is 1. The molecule has 2 aliphatic carbocycles. The van der Waals surface area contributed by atoms with Crippen molar-refractivity contribution in [2.45, 2.75) is 94.6 Å². The molecule has 1 amide bonds. The van der Waals surface area contributed by atoms with Crippen molar-refractivity contribution in [3.63, 3.8) is 0 Å². The monoisotopic (exact) mass is 1100 g/mol. The van der Waals surface area contributed by atoms with Gasteiger partial charge in [-0.15, -0.1) is 0 Å². The Bertz CT molecular complexity index is 3330. The summed E-state index contributed by atoms with van der Waals surface area (Å²) in [5, 5.41) is 8.90. The first kappa shape index (κ1) is 54.8. The zero-order valence-corrected chi connectivity index (χ0v) is 41.4. The minimum atomic E-state index is -5.22. The summed E-state index contributed by atoms with van der Waals surface area (Å²) in [6.07, 6.45) is -9.79. The molecule has 7 rings (SSSR count). The van der Waals surface area contributed by atoms with Crippen LogP contribution in [0.4, 0.5) is 49.7 Å². The fourth-order valence-corrected chi connectivity index (χ4v) is 9.40. The number of carbonyl (C=O) groups is 2. The number of alkyl halides is 8. The standard InChI is InChI=1S/C45H43ClF10N8O7S2/c1-21(2)35(57)41(66)71-20-64(73(6,69)70)40-34-30(46)10-9-27(37(34)63(61-40)19-43(49,50)51)26-8-7-25(11-12-42(3,4)72(5,67)68)58-36(26)31(15-22-13-23(47)16-24(48)14-22)59-32(65)18-62-39-33(38(60-62)45(54,55)56)28-17-29(28)44(39,52)53/h7-10,13-14,16,21,28-29,31,35H,15,17-20,57H2,1-6H3,(H,59,65)/t28?,29-,31+,35+/m1/s1. The van der Waals surface area contributed by atoms with Crippen LogP contribution in [-0.2, 0) is 65.8 Å². The summed E-state index contributed by atoms with van der Waals surface area (Å²) in [6, 6.07) is 3.64. The van der Waals surface area contributed by atoms with E-state index in [1.807, 2.05) is 0 Å². The number of nitrogens with one attached hydrogen (secondary N) is 1. The van der Waals surface area contributed by atoms with Gasteiger partial charge in [-0.3, -0.25) is 19.0 Å². The second kappa shape index (κ2) is 19.1. The molecule has 73 heavy (non-hydrogen) atoms. The van der Waals surface area contributed by atoms with E-state index in [0.29, 0.717) is 21.3 Å². The second-order valence-electron chi connectivity index (χ2n) is 18.5. The van der Waals surface area contributed by atoms with Crippen molar-refractivity contribution in [1.82, 2.24) is 29.9 Å². The molecule has 1 saturated carbocycles. The van der Waals surface area contributed by atoms with Gasteiger partial charge in [0.25, 0.3) is 5.92 Å². The number of sulfone groups is 1. The van der Waals surface area contributed by atoms with E-state index in [9.17, 15) is 61.5 Å². The first-order valence-electron chi connectivity index (χ1n) is 21.7. The third-order valence-electron chi connectivity index (χ3n) is 12.3. The van der Waals surface area contributed by atoms with E-state index in [0.717, 1.165) is 36.6 Å². The Morgan fingerprint density at radius 2 is 1.60 bits per heavy atom. The number of carbonyl (C=O) groups excluding carboxylic acids is 2. The lowest BCUT2D eigenvalue weighted by atomic mass is 9.93. The molecule has 1 fully saturated rings. The van der Waals surface area contributed by atoms with E-state index in [1.165, 1.54) is 19.9 Å². The number of halogens is 11. The number of sulfonamides is 1. The van der Waals surface area contributed by atoms with Crippen LogP contribution in [0.5, 0.6) is 0 Å². The Morgan fingerprint density at radius 3 is 2.18 bits per heavy atom. The highest BCUT2D eigenvalue weighted by atomic mass is 35.5. The van der Waals surface area contributed by atoms with Crippen LogP contribution in [0.15, 0.2) is 42.5 Å². The van der Waals surface area contributed by atoms with Crippen LogP contribution in [0.3, 0.4) is 0 Å². The quantitative estimate of drug-likeness (QED) is 0.0454. The molecule has 3 heterocycles. The summed E-state index contributed by atoms with van der Waals surface area (Å²) < 4.78 is 203. The van der Waals surface area contributed by atoms with Crippen molar-refractivity contribution in [2.75, 3.05) is 23.5 Å². The summed E-state index contributed by atoms with van der Waals surface area (Å²) in [4.78, 5) is 31.5. The van der Waals surface area contributed by atoms with Crippen molar-refractivity contribution < 1.29 is 75.1 Å². The highest BCUT2D eigenvalue weighted by Crippen LogP contribution is 2.68. The Labute approximate surface area is 415 Å². The van der Waals surface area contributed by atoms with Gasteiger partial charge >= 0.3 is 18.3 Å². The lowest BCUT2D eigenvalue weighted by molar-refractivity contribution is -0.146. The molecule has 15 nitrogen and oxygen atoms in total. The van der Waals surface area contributed by atoms with Crippen molar-refractivity contribution >= 4 is 60.1 Å². The van der Waals surface area contributed by atoms with Crippen molar-refractivity contribution in [1.29, 1.82) is 0 Å². The van der Waals surface area contributed by atoms with Gasteiger partial charge in [0.05, 0.1) is 33.9 Å². The molecule has 1 unspecified atom stereocenters. The first-order chi connectivity index (χ1) is 33.5. The average molecular weight is 1100 g/mol. The smallest absolute Gasteiger partial charge is 0.435 e. The number of pyridine rings is 1. The highest BCUT2D eigenvalue weighted by Gasteiger charge is 2.68. The van der Waals surface area contributed by atoms with Gasteiger partial charge in [-0.1, -0.05) is 37.4 Å². The molecule has 3 N–H and O–H groups in total. The summed E-state index contributed by atoms with van der Waals surface area (Å²) in [5.41, 5.74) is 0.158. The van der Waals surface area contributed by atoms with Gasteiger partial charge in [-0.25, -0.2) is 34.9 Å². The number of fused-ring (bicyclic) bond motifs is 4. The molecule has 3 aromatic heterocycles. The maximum atomic E-state index is 15.6. The summed E-state index contributed by atoms with van der Waals surface area (Å²) >= 11 is 6.66. The van der Waals surface area contributed by atoms with Gasteiger partial charge in [0, 0.05) is 34.9 Å². The highest BCUT2D eigenvalue weighted by molar-refractivity contribution is 7.92. The van der Waals surface area contributed by atoms with E-state index in [-0.39, 0.29) is 33.5 Å². The van der Waals surface area contributed by atoms with E-state index < -0.39 is 167 Å². The molecule has 0 spiro atoms. The largest absolute Gasteiger partial charge is 0.442 e. The number of hydrogen-bond acceptors (Lipinski definition) is 11. The van der Waals surface area contributed by atoms with Crippen molar-refractivity contribution in [3.05, 3.63) is 93.0 Å². The molecule has 5 aromatic rings. The SMILES string of the molecule is CC(C)[C@H](N)C(=O)OCN(c1nn(CC(F)(F)F)c2c(-c3ccc(C#CC(C)(C)S(C)(=O)=O)nc3[C@H](Cc3cc(F)cc(F)c3)NC(=O)Cn3nc(C(F)(F)F)c4c3C(F)(F)[C@@H]3CC43)ccc(Cl)c12)S(C)(=O)=O. The number of hydrogen-bond donors (Lipinski definition) is 2. The van der Waals surface area contributed by atoms with E-state index in [4.69, 9.17) is 22.1 Å². The van der Waals surface area contributed by atoms with Gasteiger partial charge in [0.15, 0.2) is 28.1 Å². The molecule has 28 heteroatoms. The number of benzene rings is 2. The minimum Gasteiger partial charge on any atom is -0.442 e. The fourth-order valence-electron chi connectivity index (χ4n) is 8.24. The van der Waals surface area contributed by atoms with Crippen LogP contribution >= 0.6 is 11.6 Å². The number of rotatable bonds is 15. The Morgan fingerprint density at radius 1 is 0.973 bits per heavy atom. The number of esters is 1. The van der Waals surface area contributed by atoms with Crippen LogP contribution in [0, 0.1) is 35.3 Å². The predicted molar refractivity (Wildman–Crippen MR) is 244 cm³/mol. The van der Waals surface area contributed by atoms with Crippen LogP contribution in [-0.4, -0.2) is 89.5 Å². The van der Waals surface area contributed by atoms with Gasteiger partial charge in [0.2, 0.25) is 15.9 Å². The Hall–Kier alpha value is -5.98. The number of nitrogens with zero attached hydrogens (tertiary/aromatic N) is 6. The van der Waals surface area contributed by atoms with Gasteiger partial charge in [-0.2, -0.15) is 45.3 Å². The molecule has 2 aromatic carbocycles. The molecule has 2 aliphatic rings. The topological polar surface area (TPSA) is 201 Å². The first-order valence-corrected chi connectivity index (χ1v) is 25.8. The number of anilines is 1. The zero-order valence-electron chi connectivity index (χ0n) is 39.1. The predicted octanol–water partition coefficient (Wildman–Crippen LogP) is 7.54.